The van der Waals surface area contributed by atoms with E-state index in [4.69, 9.17) is 17.3 Å². The van der Waals surface area contributed by atoms with Crippen molar-refractivity contribution in [3.63, 3.8) is 0 Å². The highest BCUT2D eigenvalue weighted by atomic mass is 35.5. The van der Waals surface area contributed by atoms with Gasteiger partial charge in [-0.05, 0) is 12.1 Å². The van der Waals surface area contributed by atoms with Crippen LogP contribution in [0.15, 0.2) is 30.6 Å². The van der Waals surface area contributed by atoms with Crippen LogP contribution >= 0.6 is 11.6 Å². The Bertz CT molecular complexity index is 426. The van der Waals surface area contributed by atoms with Gasteiger partial charge in [-0.2, -0.15) is 0 Å². The number of nitrogen functional groups attached to an aromatic ring is 1. The quantitative estimate of drug-likeness (QED) is 0.630. The van der Waals surface area contributed by atoms with E-state index in [9.17, 15) is 0 Å². The molecule has 0 spiro atoms. The van der Waals surface area contributed by atoms with Crippen molar-refractivity contribution in [3.05, 3.63) is 35.6 Å². The topological polar surface area (TPSA) is 38.9 Å². The number of aromatic nitrogens is 1. The van der Waals surface area contributed by atoms with Crippen molar-refractivity contribution in [2.24, 2.45) is 0 Å². The van der Waals surface area contributed by atoms with E-state index in [2.05, 4.69) is 4.98 Å². The van der Waals surface area contributed by atoms with Crippen molar-refractivity contribution >= 4 is 28.1 Å². The molecule has 0 fully saturated rings. The van der Waals surface area contributed by atoms with Crippen LogP contribution < -0.4 is 5.73 Å². The molecule has 0 unspecified atom stereocenters. The van der Waals surface area contributed by atoms with Crippen molar-refractivity contribution < 1.29 is 0 Å². The molecule has 12 heavy (non-hydrogen) atoms. The van der Waals surface area contributed by atoms with Gasteiger partial charge >= 0.3 is 0 Å². The van der Waals surface area contributed by atoms with E-state index in [1.807, 2.05) is 12.1 Å². The van der Waals surface area contributed by atoms with Crippen LogP contribution in [0.1, 0.15) is 0 Å². The monoisotopic (exact) mass is 178 g/mol. The van der Waals surface area contributed by atoms with E-state index in [0.29, 0.717) is 10.7 Å². The molecule has 2 N–H and O–H groups in total. The summed E-state index contributed by atoms with van der Waals surface area (Å²) < 4.78 is 0. The number of benzene rings is 1. The second-order valence-electron chi connectivity index (χ2n) is 2.56. The third-order valence-corrected chi connectivity index (χ3v) is 2.14. The SMILES string of the molecule is Nc1c(Cl)ccc2cnccc12. The molecule has 0 aliphatic heterocycles. The van der Waals surface area contributed by atoms with Crippen LogP contribution in [0.25, 0.3) is 10.8 Å². The Labute approximate surface area is 75.0 Å². The third-order valence-electron chi connectivity index (χ3n) is 1.81. The smallest absolute Gasteiger partial charge is 0.0642 e. The van der Waals surface area contributed by atoms with Crippen molar-refractivity contribution in [1.82, 2.24) is 4.98 Å². The first kappa shape index (κ1) is 7.37. The van der Waals surface area contributed by atoms with Gasteiger partial charge in [0.05, 0.1) is 10.7 Å². The summed E-state index contributed by atoms with van der Waals surface area (Å²) >= 11 is 5.84. The van der Waals surface area contributed by atoms with Crippen LogP contribution in [0.4, 0.5) is 5.69 Å². The number of nitrogens with two attached hydrogens (primary N) is 1. The molecule has 0 radical (unpaired) electrons. The third kappa shape index (κ3) is 1.01. The molecule has 0 aliphatic rings. The Morgan fingerprint density at radius 3 is 2.92 bits per heavy atom. The molecule has 0 saturated carbocycles. The van der Waals surface area contributed by atoms with Crippen LogP contribution in [0.5, 0.6) is 0 Å². The number of pyridine rings is 1. The average Bonchev–Trinajstić information content (AvgIpc) is 2.12. The molecule has 0 saturated heterocycles. The lowest BCUT2D eigenvalue weighted by atomic mass is 10.1. The highest BCUT2D eigenvalue weighted by Gasteiger charge is 2.00. The zero-order valence-corrected chi connectivity index (χ0v) is 7.05. The van der Waals surface area contributed by atoms with Gasteiger partial charge in [-0.15, -0.1) is 0 Å². The zero-order valence-electron chi connectivity index (χ0n) is 6.29. The van der Waals surface area contributed by atoms with E-state index in [-0.39, 0.29) is 0 Å². The van der Waals surface area contributed by atoms with Gasteiger partial charge in [0, 0.05) is 23.2 Å². The highest BCUT2D eigenvalue weighted by molar-refractivity contribution is 6.34. The zero-order chi connectivity index (χ0) is 8.55. The van der Waals surface area contributed by atoms with Crippen LogP contribution in [0.2, 0.25) is 5.02 Å². The minimum atomic E-state index is 0.591. The van der Waals surface area contributed by atoms with Gasteiger partial charge in [0.25, 0.3) is 0 Å². The molecular formula is C9H7ClN2. The van der Waals surface area contributed by atoms with Gasteiger partial charge in [0.1, 0.15) is 0 Å². The summed E-state index contributed by atoms with van der Waals surface area (Å²) in [6.07, 6.45) is 3.47. The largest absolute Gasteiger partial charge is 0.397 e. The van der Waals surface area contributed by atoms with Crippen molar-refractivity contribution in [1.29, 1.82) is 0 Å². The lowest BCUT2D eigenvalue weighted by Gasteiger charge is -2.01. The fourth-order valence-corrected chi connectivity index (χ4v) is 1.33. The van der Waals surface area contributed by atoms with Gasteiger partial charge in [0.15, 0.2) is 0 Å². The number of hydrogen-bond donors (Lipinski definition) is 1. The van der Waals surface area contributed by atoms with Gasteiger partial charge in [-0.3, -0.25) is 4.98 Å². The van der Waals surface area contributed by atoms with Crippen LogP contribution in [0.3, 0.4) is 0 Å². The minimum Gasteiger partial charge on any atom is -0.397 e. The maximum atomic E-state index is 5.84. The second-order valence-corrected chi connectivity index (χ2v) is 2.97. The van der Waals surface area contributed by atoms with Crippen LogP contribution in [-0.4, -0.2) is 4.98 Å². The molecule has 2 nitrogen and oxygen atoms in total. The number of rotatable bonds is 0. The molecule has 2 aromatic rings. The molecule has 0 bridgehead atoms. The summed E-state index contributed by atoms with van der Waals surface area (Å²) in [5.41, 5.74) is 6.38. The van der Waals surface area contributed by atoms with Crippen LogP contribution in [0, 0.1) is 0 Å². The Hall–Kier alpha value is -1.28. The summed E-state index contributed by atoms with van der Waals surface area (Å²) in [5, 5.41) is 2.56. The normalized spacial score (nSPS) is 10.4. The number of fused-ring (bicyclic) bond motifs is 1. The van der Waals surface area contributed by atoms with E-state index in [1.165, 1.54) is 0 Å². The van der Waals surface area contributed by atoms with E-state index in [0.717, 1.165) is 10.8 Å². The van der Waals surface area contributed by atoms with Crippen molar-refractivity contribution in [2.45, 2.75) is 0 Å². The first-order chi connectivity index (χ1) is 5.79. The van der Waals surface area contributed by atoms with E-state index < -0.39 is 0 Å². The van der Waals surface area contributed by atoms with Gasteiger partial charge in [0.2, 0.25) is 0 Å². The standard InChI is InChI=1S/C9H7ClN2/c10-8-2-1-6-5-12-4-3-7(6)9(8)11/h1-5H,11H2. The Kier molecular flexibility index (Phi) is 1.62. The molecule has 1 heterocycles. The molecule has 0 aliphatic carbocycles. The van der Waals surface area contributed by atoms with Crippen molar-refractivity contribution in [3.8, 4) is 0 Å². The second kappa shape index (κ2) is 2.64. The lowest BCUT2D eigenvalue weighted by Crippen LogP contribution is -1.88. The Morgan fingerprint density at radius 2 is 2.08 bits per heavy atom. The fourth-order valence-electron chi connectivity index (χ4n) is 1.17. The minimum absolute atomic E-state index is 0.591. The first-order valence-corrected chi connectivity index (χ1v) is 3.94. The summed E-state index contributed by atoms with van der Waals surface area (Å²) in [4.78, 5) is 3.99. The molecule has 0 atom stereocenters. The number of anilines is 1. The summed E-state index contributed by atoms with van der Waals surface area (Å²) in [7, 11) is 0. The van der Waals surface area contributed by atoms with E-state index in [1.54, 1.807) is 18.5 Å². The van der Waals surface area contributed by atoms with Gasteiger partial charge in [-0.1, -0.05) is 17.7 Å². The molecule has 2 rings (SSSR count). The van der Waals surface area contributed by atoms with Gasteiger partial charge in [-0.25, -0.2) is 0 Å². The van der Waals surface area contributed by atoms with Crippen molar-refractivity contribution in [2.75, 3.05) is 5.73 Å². The molecule has 0 amide bonds. The molecule has 3 heteroatoms. The summed E-state index contributed by atoms with van der Waals surface area (Å²) in [6.45, 7) is 0. The molecule has 1 aromatic heterocycles. The molecule has 60 valence electrons. The summed E-state index contributed by atoms with van der Waals surface area (Å²) in [6, 6.07) is 5.54. The Morgan fingerprint density at radius 1 is 1.25 bits per heavy atom. The predicted molar refractivity (Wildman–Crippen MR) is 51.2 cm³/mol. The molecule has 1 aromatic carbocycles. The maximum absolute atomic E-state index is 5.84. The summed E-state index contributed by atoms with van der Waals surface area (Å²) in [5.74, 6) is 0. The van der Waals surface area contributed by atoms with Crippen LogP contribution in [-0.2, 0) is 0 Å². The fraction of sp³-hybridized carbons (Fsp3) is 0. The lowest BCUT2D eigenvalue weighted by molar-refractivity contribution is 1.36. The average molecular weight is 179 g/mol. The number of halogens is 1. The molecular weight excluding hydrogens is 172 g/mol. The maximum Gasteiger partial charge on any atom is 0.0642 e. The predicted octanol–water partition coefficient (Wildman–Crippen LogP) is 2.47. The first-order valence-electron chi connectivity index (χ1n) is 3.57. The Balaban J connectivity index is 2.91. The number of hydrogen-bond acceptors (Lipinski definition) is 2. The van der Waals surface area contributed by atoms with E-state index >= 15 is 0 Å². The number of nitrogens with zero attached hydrogens (tertiary/aromatic N) is 1. The highest BCUT2D eigenvalue weighted by Crippen LogP contribution is 2.27. The van der Waals surface area contributed by atoms with Gasteiger partial charge < -0.3 is 5.73 Å².